The molecule has 1 aliphatic rings. The van der Waals surface area contributed by atoms with Gasteiger partial charge in [0.25, 0.3) is 0 Å². The molecule has 2 N–H and O–H groups in total. The summed E-state index contributed by atoms with van der Waals surface area (Å²) in [6.45, 7) is 4.24. The third-order valence-electron chi connectivity index (χ3n) is 4.03. The summed E-state index contributed by atoms with van der Waals surface area (Å²) in [5.41, 5.74) is 2.83. The van der Waals surface area contributed by atoms with Gasteiger partial charge in [0.05, 0.1) is 7.11 Å². The van der Waals surface area contributed by atoms with Crippen LogP contribution in [0.15, 0.2) is 18.2 Å². The van der Waals surface area contributed by atoms with Crippen LogP contribution in [0.4, 0.5) is 5.69 Å². The van der Waals surface area contributed by atoms with Crippen molar-refractivity contribution in [3.8, 4) is 5.75 Å². The summed E-state index contributed by atoms with van der Waals surface area (Å²) in [6.07, 6.45) is 4.02. The number of hydrogen-bond donors (Lipinski definition) is 2. The maximum atomic E-state index is 5.28. The van der Waals surface area contributed by atoms with Gasteiger partial charge in [-0.1, -0.05) is 6.42 Å². The molecule has 0 spiro atoms. The zero-order valence-electron chi connectivity index (χ0n) is 11.7. The summed E-state index contributed by atoms with van der Waals surface area (Å²) >= 11 is 0. The van der Waals surface area contributed by atoms with E-state index >= 15 is 0 Å². The van der Waals surface area contributed by atoms with E-state index in [2.05, 4.69) is 29.7 Å². The number of rotatable bonds is 6. The van der Waals surface area contributed by atoms with Gasteiger partial charge < -0.3 is 15.4 Å². The Morgan fingerprint density at radius 3 is 2.56 bits per heavy atom. The predicted octanol–water partition coefficient (Wildman–Crippen LogP) is 2.81. The van der Waals surface area contributed by atoms with Crippen LogP contribution in [0.3, 0.4) is 0 Å². The Labute approximate surface area is 110 Å². The normalized spacial score (nSPS) is 17.1. The van der Waals surface area contributed by atoms with Gasteiger partial charge in [-0.05, 0) is 50.6 Å². The minimum Gasteiger partial charge on any atom is -0.496 e. The van der Waals surface area contributed by atoms with Gasteiger partial charge in [0.1, 0.15) is 5.75 Å². The number of benzene rings is 1. The quantitative estimate of drug-likeness (QED) is 0.812. The lowest BCUT2D eigenvalue weighted by Crippen LogP contribution is -2.44. The Balaban J connectivity index is 1.95. The number of anilines is 1. The van der Waals surface area contributed by atoms with E-state index in [1.807, 2.05) is 13.1 Å². The van der Waals surface area contributed by atoms with E-state index in [0.29, 0.717) is 5.41 Å². The van der Waals surface area contributed by atoms with E-state index in [1.165, 1.54) is 30.5 Å². The van der Waals surface area contributed by atoms with Gasteiger partial charge in [-0.25, -0.2) is 0 Å². The summed E-state index contributed by atoms with van der Waals surface area (Å²) in [6, 6.07) is 6.28. The van der Waals surface area contributed by atoms with Gasteiger partial charge in [-0.2, -0.15) is 0 Å². The summed E-state index contributed by atoms with van der Waals surface area (Å²) in [5.74, 6) is 0.953. The fraction of sp³-hybridized carbons (Fsp3) is 0.600. The second kappa shape index (κ2) is 5.61. The molecule has 1 aromatic carbocycles. The fourth-order valence-electron chi connectivity index (χ4n) is 2.75. The number of aryl methyl sites for hydroxylation is 1. The molecular formula is C15H24N2O. The second-order valence-corrected chi connectivity index (χ2v) is 5.42. The average Bonchev–Trinajstić information content (AvgIpc) is 2.32. The highest BCUT2D eigenvalue weighted by Gasteiger charge is 2.35. The van der Waals surface area contributed by atoms with Crippen LogP contribution in [-0.2, 0) is 0 Å². The molecule has 0 radical (unpaired) electrons. The van der Waals surface area contributed by atoms with Gasteiger partial charge in [-0.15, -0.1) is 0 Å². The van der Waals surface area contributed by atoms with Crippen molar-refractivity contribution in [1.29, 1.82) is 0 Å². The minimum absolute atomic E-state index is 0.461. The number of methoxy groups -OCH3 is 1. The topological polar surface area (TPSA) is 33.3 Å². The molecule has 0 heterocycles. The molecular weight excluding hydrogens is 224 g/mol. The van der Waals surface area contributed by atoms with Crippen molar-refractivity contribution in [2.24, 2.45) is 5.41 Å². The van der Waals surface area contributed by atoms with Crippen molar-refractivity contribution in [3.63, 3.8) is 0 Å². The molecule has 0 saturated heterocycles. The van der Waals surface area contributed by atoms with E-state index < -0.39 is 0 Å². The van der Waals surface area contributed by atoms with Crippen LogP contribution < -0.4 is 15.4 Å². The highest BCUT2D eigenvalue weighted by Crippen LogP contribution is 2.40. The Hall–Kier alpha value is -1.22. The third kappa shape index (κ3) is 2.78. The van der Waals surface area contributed by atoms with Gasteiger partial charge in [-0.3, -0.25) is 0 Å². The van der Waals surface area contributed by atoms with Gasteiger partial charge in [0.15, 0.2) is 0 Å². The summed E-state index contributed by atoms with van der Waals surface area (Å²) in [4.78, 5) is 0. The van der Waals surface area contributed by atoms with Crippen LogP contribution in [-0.4, -0.2) is 27.2 Å². The summed E-state index contributed by atoms with van der Waals surface area (Å²) in [7, 11) is 3.75. The van der Waals surface area contributed by atoms with Crippen LogP contribution >= 0.6 is 0 Å². The lowest BCUT2D eigenvalue weighted by atomic mass is 9.68. The molecule has 0 amide bonds. The first kappa shape index (κ1) is 13.2. The molecule has 100 valence electrons. The zero-order valence-corrected chi connectivity index (χ0v) is 11.7. The molecule has 0 bridgehead atoms. The van der Waals surface area contributed by atoms with Crippen LogP contribution in [0.5, 0.6) is 5.75 Å². The van der Waals surface area contributed by atoms with Crippen molar-refractivity contribution in [2.75, 3.05) is 32.6 Å². The van der Waals surface area contributed by atoms with E-state index in [9.17, 15) is 0 Å². The van der Waals surface area contributed by atoms with Gasteiger partial charge >= 0.3 is 0 Å². The van der Waals surface area contributed by atoms with Crippen LogP contribution in [0.1, 0.15) is 24.8 Å². The van der Waals surface area contributed by atoms with E-state index in [1.54, 1.807) is 7.11 Å². The molecule has 1 saturated carbocycles. The molecule has 1 aromatic rings. The van der Waals surface area contributed by atoms with Crippen molar-refractivity contribution < 1.29 is 4.74 Å². The lowest BCUT2D eigenvalue weighted by Gasteiger charge is -2.42. The molecule has 0 unspecified atom stereocenters. The lowest BCUT2D eigenvalue weighted by molar-refractivity contribution is 0.151. The largest absolute Gasteiger partial charge is 0.496 e. The van der Waals surface area contributed by atoms with Gasteiger partial charge in [0, 0.05) is 24.2 Å². The fourth-order valence-corrected chi connectivity index (χ4v) is 2.75. The Kier molecular flexibility index (Phi) is 4.12. The molecule has 3 heteroatoms. The monoisotopic (exact) mass is 248 g/mol. The summed E-state index contributed by atoms with van der Waals surface area (Å²) < 4.78 is 5.28. The van der Waals surface area contributed by atoms with E-state index in [4.69, 9.17) is 4.74 Å². The van der Waals surface area contributed by atoms with E-state index in [0.717, 1.165) is 18.8 Å². The third-order valence-corrected chi connectivity index (χ3v) is 4.03. The highest BCUT2D eigenvalue weighted by atomic mass is 16.5. The van der Waals surface area contributed by atoms with Crippen LogP contribution in [0.2, 0.25) is 0 Å². The first-order valence-electron chi connectivity index (χ1n) is 6.72. The Morgan fingerprint density at radius 2 is 2.06 bits per heavy atom. The molecule has 0 atom stereocenters. The molecule has 3 nitrogen and oxygen atoms in total. The average molecular weight is 248 g/mol. The number of hydrogen-bond acceptors (Lipinski definition) is 3. The molecule has 18 heavy (non-hydrogen) atoms. The standard InChI is InChI=1S/C15H24N2O/c1-12-9-13(5-6-14(12)18-3)17-11-15(10-16-2)7-4-8-15/h5-6,9,16-17H,4,7-8,10-11H2,1-3H3. The maximum absolute atomic E-state index is 5.28. The zero-order chi connectivity index (χ0) is 13.0. The number of ether oxygens (including phenoxy) is 1. The van der Waals surface area contributed by atoms with Crippen molar-refractivity contribution in [2.45, 2.75) is 26.2 Å². The molecule has 1 aliphatic carbocycles. The van der Waals surface area contributed by atoms with E-state index in [-0.39, 0.29) is 0 Å². The molecule has 0 aromatic heterocycles. The molecule has 0 aliphatic heterocycles. The van der Waals surface area contributed by atoms with Crippen molar-refractivity contribution in [1.82, 2.24) is 5.32 Å². The highest BCUT2D eigenvalue weighted by molar-refractivity contribution is 5.50. The smallest absolute Gasteiger partial charge is 0.121 e. The minimum atomic E-state index is 0.461. The van der Waals surface area contributed by atoms with Crippen LogP contribution in [0.25, 0.3) is 0 Å². The van der Waals surface area contributed by atoms with Crippen LogP contribution in [0, 0.1) is 12.3 Å². The van der Waals surface area contributed by atoms with Gasteiger partial charge in [0.2, 0.25) is 0 Å². The Morgan fingerprint density at radius 1 is 1.28 bits per heavy atom. The SMILES string of the molecule is CNCC1(CNc2ccc(OC)c(C)c2)CCC1. The first-order valence-corrected chi connectivity index (χ1v) is 6.72. The van der Waals surface area contributed by atoms with Crippen molar-refractivity contribution in [3.05, 3.63) is 23.8 Å². The number of nitrogens with one attached hydrogen (secondary N) is 2. The molecule has 1 fully saturated rings. The van der Waals surface area contributed by atoms with Crippen molar-refractivity contribution >= 4 is 5.69 Å². The first-order chi connectivity index (χ1) is 8.69. The maximum Gasteiger partial charge on any atom is 0.121 e. The summed E-state index contributed by atoms with van der Waals surface area (Å²) in [5, 5.41) is 6.89. The second-order valence-electron chi connectivity index (χ2n) is 5.42. The predicted molar refractivity (Wildman–Crippen MR) is 76.4 cm³/mol. The Bertz CT molecular complexity index is 399. The molecule has 2 rings (SSSR count).